The average Bonchev–Trinajstić information content (AvgIpc) is 3.04. The van der Waals surface area contributed by atoms with Crippen molar-refractivity contribution in [3.8, 4) is 0 Å². The van der Waals surface area contributed by atoms with E-state index in [2.05, 4.69) is 23.5 Å². The standard InChI is InChI=1S/C18H21NO4/c1-3-22-17(20)11(2)23-18(21)16-14-9-6-8-12(14)13-7-4-5-10-15(13)19-16/h4-8,10-12,14,16,19H,3,9H2,1-2H3/t11-,12+,14+,16-/m0/s1. The van der Waals surface area contributed by atoms with Crippen LogP contribution in [0.25, 0.3) is 0 Å². The topological polar surface area (TPSA) is 64.6 Å². The average molecular weight is 315 g/mol. The second-order valence-electron chi connectivity index (χ2n) is 5.89. The van der Waals surface area contributed by atoms with E-state index in [4.69, 9.17) is 9.47 Å². The Balaban J connectivity index is 1.76. The van der Waals surface area contributed by atoms with Crippen molar-refractivity contribution in [2.75, 3.05) is 11.9 Å². The first kappa shape index (κ1) is 15.6. The first-order chi connectivity index (χ1) is 11.1. The molecule has 23 heavy (non-hydrogen) atoms. The molecule has 5 heteroatoms. The molecule has 1 aliphatic heterocycles. The Morgan fingerprint density at radius 3 is 2.91 bits per heavy atom. The number of para-hydroxylation sites is 1. The number of fused-ring (bicyclic) bond motifs is 3. The van der Waals surface area contributed by atoms with Gasteiger partial charge in [0, 0.05) is 17.5 Å². The highest BCUT2D eigenvalue weighted by Crippen LogP contribution is 2.44. The Kier molecular flexibility index (Phi) is 4.37. The van der Waals surface area contributed by atoms with Gasteiger partial charge < -0.3 is 14.8 Å². The molecule has 0 saturated heterocycles. The smallest absolute Gasteiger partial charge is 0.347 e. The summed E-state index contributed by atoms with van der Waals surface area (Å²) in [7, 11) is 0. The van der Waals surface area contributed by atoms with E-state index < -0.39 is 24.1 Å². The van der Waals surface area contributed by atoms with Crippen LogP contribution in [0.15, 0.2) is 36.4 Å². The summed E-state index contributed by atoms with van der Waals surface area (Å²) in [6.07, 6.45) is 4.18. The molecule has 5 nitrogen and oxygen atoms in total. The zero-order valence-electron chi connectivity index (χ0n) is 13.3. The zero-order valence-corrected chi connectivity index (χ0v) is 13.3. The van der Waals surface area contributed by atoms with Crippen molar-refractivity contribution >= 4 is 17.6 Å². The Bertz CT molecular complexity index is 640. The molecule has 3 rings (SSSR count). The van der Waals surface area contributed by atoms with Gasteiger partial charge in [0.05, 0.1) is 6.61 Å². The van der Waals surface area contributed by atoms with E-state index in [1.165, 1.54) is 12.5 Å². The van der Waals surface area contributed by atoms with E-state index in [1.807, 2.05) is 18.2 Å². The van der Waals surface area contributed by atoms with E-state index in [-0.39, 0.29) is 18.4 Å². The molecule has 2 aliphatic rings. The molecule has 0 amide bonds. The molecule has 4 atom stereocenters. The number of carbonyl (C=O) groups excluding carboxylic acids is 2. The maximum absolute atomic E-state index is 12.5. The van der Waals surface area contributed by atoms with E-state index in [1.54, 1.807) is 6.92 Å². The minimum atomic E-state index is -0.894. The molecule has 0 fully saturated rings. The van der Waals surface area contributed by atoms with Gasteiger partial charge in [-0.25, -0.2) is 9.59 Å². The summed E-state index contributed by atoms with van der Waals surface area (Å²) in [6, 6.07) is 7.53. The maximum atomic E-state index is 12.5. The summed E-state index contributed by atoms with van der Waals surface area (Å²) in [4.78, 5) is 24.2. The fourth-order valence-electron chi connectivity index (χ4n) is 3.33. The van der Waals surface area contributed by atoms with E-state index >= 15 is 0 Å². The first-order valence-corrected chi connectivity index (χ1v) is 8.01. The van der Waals surface area contributed by atoms with Crippen molar-refractivity contribution in [1.29, 1.82) is 0 Å². The van der Waals surface area contributed by atoms with Crippen LogP contribution >= 0.6 is 0 Å². The van der Waals surface area contributed by atoms with E-state index in [0.717, 1.165) is 12.1 Å². The molecular weight excluding hydrogens is 294 g/mol. The van der Waals surface area contributed by atoms with Crippen molar-refractivity contribution < 1.29 is 19.1 Å². The monoisotopic (exact) mass is 315 g/mol. The second-order valence-corrected chi connectivity index (χ2v) is 5.89. The van der Waals surface area contributed by atoms with Crippen LogP contribution in [-0.4, -0.2) is 30.7 Å². The van der Waals surface area contributed by atoms with Crippen LogP contribution in [0.3, 0.4) is 0 Å². The minimum absolute atomic E-state index is 0.117. The number of rotatable bonds is 4. The number of benzene rings is 1. The van der Waals surface area contributed by atoms with Gasteiger partial charge in [0.15, 0.2) is 6.10 Å². The van der Waals surface area contributed by atoms with E-state index in [9.17, 15) is 9.59 Å². The SMILES string of the molecule is CCOC(=O)[C@H](C)OC(=O)[C@H]1Nc2ccccc2[C@H]2C=CC[C@@H]12. The molecule has 1 aromatic rings. The molecule has 0 saturated carbocycles. The van der Waals surface area contributed by atoms with Gasteiger partial charge in [-0.1, -0.05) is 30.4 Å². The molecule has 1 N–H and O–H groups in total. The molecule has 0 spiro atoms. The van der Waals surface area contributed by atoms with Crippen LogP contribution < -0.4 is 5.32 Å². The molecule has 1 heterocycles. The van der Waals surface area contributed by atoms with Crippen LogP contribution in [0.4, 0.5) is 5.69 Å². The van der Waals surface area contributed by atoms with Gasteiger partial charge in [0.2, 0.25) is 0 Å². The highest BCUT2D eigenvalue weighted by Gasteiger charge is 2.42. The lowest BCUT2D eigenvalue weighted by Gasteiger charge is -2.35. The Labute approximate surface area is 135 Å². The lowest BCUT2D eigenvalue weighted by atomic mass is 9.79. The van der Waals surface area contributed by atoms with Gasteiger partial charge in [0.25, 0.3) is 0 Å². The van der Waals surface area contributed by atoms with Crippen LogP contribution in [0, 0.1) is 5.92 Å². The third-order valence-electron chi connectivity index (χ3n) is 4.44. The highest BCUT2D eigenvalue weighted by molar-refractivity contribution is 5.85. The fourth-order valence-corrected chi connectivity index (χ4v) is 3.33. The predicted molar refractivity (Wildman–Crippen MR) is 86.0 cm³/mol. The van der Waals surface area contributed by atoms with Gasteiger partial charge in [-0.05, 0) is 31.9 Å². The Hall–Kier alpha value is -2.30. The number of ether oxygens (including phenoxy) is 2. The summed E-state index contributed by atoms with van der Waals surface area (Å²) in [5, 5.41) is 3.28. The summed E-state index contributed by atoms with van der Waals surface area (Å²) in [5.41, 5.74) is 2.15. The zero-order chi connectivity index (χ0) is 16.4. The molecule has 0 radical (unpaired) electrons. The summed E-state index contributed by atoms with van der Waals surface area (Å²) in [6.45, 7) is 3.53. The Morgan fingerprint density at radius 1 is 1.35 bits per heavy atom. The quantitative estimate of drug-likeness (QED) is 0.683. The van der Waals surface area contributed by atoms with Crippen molar-refractivity contribution in [3.05, 3.63) is 42.0 Å². The minimum Gasteiger partial charge on any atom is -0.463 e. The van der Waals surface area contributed by atoms with Crippen molar-refractivity contribution in [3.63, 3.8) is 0 Å². The predicted octanol–water partition coefficient (Wildman–Crippen LogP) is 2.64. The molecule has 0 aromatic heterocycles. The van der Waals surface area contributed by atoms with Crippen LogP contribution in [0.2, 0.25) is 0 Å². The number of carbonyl (C=O) groups is 2. The first-order valence-electron chi connectivity index (χ1n) is 8.01. The van der Waals surface area contributed by atoms with Gasteiger partial charge in [-0.2, -0.15) is 0 Å². The largest absolute Gasteiger partial charge is 0.463 e. The molecular formula is C18H21NO4. The summed E-state index contributed by atoms with van der Waals surface area (Å²) < 4.78 is 10.2. The number of esters is 2. The lowest BCUT2D eigenvalue weighted by Crippen LogP contribution is -2.44. The number of allylic oxidation sites excluding steroid dienone is 2. The van der Waals surface area contributed by atoms with E-state index in [0.29, 0.717) is 0 Å². The molecule has 0 bridgehead atoms. The summed E-state index contributed by atoms with van der Waals surface area (Å²) in [5.74, 6) is -0.591. The van der Waals surface area contributed by atoms with Crippen molar-refractivity contribution in [1.82, 2.24) is 0 Å². The van der Waals surface area contributed by atoms with Gasteiger partial charge in [-0.3, -0.25) is 0 Å². The number of anilines is 1. The molecule has 122 valence electrons. The van der Waals surface area contributed by atoms with Crippen molar-refractivity contribution in [2.45, 2.75) is 38.3 Å². The molecule has 0 unspecified atom stereocenters. The normalized spacial score (nSPS) is 25.7. The fraction of sp³-hybridized carbons (Fsp3) is 0.444. The highest BCUT2D eigenvalue weighted by atomic mass is 16.6. The van der Waals surface area contributed by atoms with Crippen molar-refractivity contribution in [2.24, 2.45) is 5.92 Å². The third kappa shape index (κ3) is 2.96. The van der Waals surface area contributed by atoms with Crippen LogP contribution in [-0.2, 0) is 19.1 Å². The van der Waals surface area contributed by atoms with Gasteiger partial charge >= 0.3 is 11.9 Å². The summed E-state index contributed by atoms with van der Waals surface area (Å²) >= 11 is 0. The lowest BCUT2D eigenvalue weighted by molar-refractivity contribution is -0.167. The second kappa shape index (κ2) is 6.44. The molecule has 1 aromatic carbocycles. The van der Waals surface area contributed by atoms with Gasteiger partial charge in [-0.15, -0.1) is 0 Å². The number of nitrogens with one attached hydrogen (secondary N) is 1. The van der Waals surface area contributed by atoms with Crippen LogP contribution in [0.1, 0.15) is 31.7 Å². The van der Waals surface area contributed by atoms with Crippen LogP contribution in [0.5, 0.6) is 0 Å². The maximum Gasteiger partial charge on any atom is 0.347 e. The molecule has 1 aliphatic carbocycles. The third-order valence-corrected chi connectivity index (χ3v) is 4.44. The number of hydrogen-bond acceptors (Lipinski definition) is 5. The number of hydrogen-bond donors (Lipinski definition) is 1. The van der Waals surface area contributed by atoms with Gasteiger partial charge in [0.1, 0.15) is 6.04 Å². The Morgan fingerprint density at radius 2 is 2.13 bits per heavy atom.